The molecule has 0 aromatic carbocycles. The number of hydrogen-bond donors (Lipinski definition) is 2. The fourth-order valence-corrected chi connectivity index (χ4v) is 4.33. The Morgan fingerprint density at radius 1 is 1.22 bits per heavy atom. The van der Waals surface area contributed by atoms with Gasteiger partial charge < -0.3 is 25.1 Å². The largest absolute Gasteiger partial charge is 0.478 e. The number of nitrogens with one attached hydrogen (secondary N) is 2. The van der Waals surface area contributed by atoms with E-state index >= 15 is 0 Å². The number of carbonyl (C=O) groups is 2. The van der Waals surface area contributed by atoms with Gasteiger partial charge in [-0.25, -0.2) is 9.97 Å². The van der Waals surface area contributed by atoms with Crippen molar-refractivity contribution in [3.05, 3.63) is 46.0 Å². The molecule has 0 atom stereocenters. The number of aromatic nitrogens is 3. The summed E-state index contributed by atoms with van der Waals surface area (Å²) in [4.78, 5) is 46.8. The molecule has 0 bridgehead atoms. The summed E-state index contributed by atoms with van der Waals surface area (Å²) in [6, 6.07) is 5.14. The Hall–Kier alpha value is -3.66. The van der Waals surface area contributed by atoms with Crippen molar-refractivity contribution in [2.75, 3.05) is 37.0 Å². The highest BCUT2D eigenvalue weighted by Gasteiger charge is 2.21. The highest BCUT2D eigenvalue weighted by molar-refractivity contribution is 6.33. The Morgan fingerprint density at radius 2 is 1.97 bits per heavy atom. The molecule has 0 unspecified atom stereocenters. The molecule has 1 saturated heterocycles. The zero-order valence-corrected chi connectivity index (χ0v) is 21.2. The van der Waals surface area contributed by atoms with Crippen molar-refractivity contribution in [1.82, 2.24) is 19.9 Å². The number of halogens is 1. The van der Waals surface area contributed by atoms with E-state index in [9.17, 15) is 14.4 Å². The molecule has 11 heteroatoms. The van der Waals surface area contributed by atoms with Crippen LogP contribution in [0.4, 0.5) is 17.2 Å². The summed E-state index contributed by atoms with van der Waals surface area (Å²) < 4.78 is 7.05. The van der Waals surface area contributed by atoms with Crippen LogP contribution in [0.3, 0.4) is 0 Å². The number of carbonyl (C=O) groups excluding carboxylic acids is 2. The van der Waals surface area contributed by atoms with E-state index in [0.29, 0.717) is 27.4 Å². The molecule has 3 aromatic heterocycles. The summed E-state index contributed by atoms with van der Waals surface area (Å²) in [5.41, 5.74) is 1.48. The van der Waals surface area contributed by atoms with E-state index in [-0.39, 0.29) is 35.8 Å². The van der Waals surface area contributed by atoms with E-state index in [1.165, 1.54) is 7.05 Å². The summed E-state index contributed by atoms with van der Waals surface area (Å²) >= 11 is 6.43. The van der Waals surface area contributed by atoms with Crippen LogP contribution in [0.1, 0.15) is 32.7 Å². The number of pyridine rings is 3. The van der Waals surface area contributed by atoms with Gasteiger partial charge in [0, 0.05) is 43.5 Å². The van der Waals surface area contributed by atoms with Gasteiger partial charge in [0.2, 0.25) is 0 Å². The summed E-state index contributed by atoms with van der Waals surface area (Å²) in [7, 11) is 1.50. The van der Waals surface area contributed by atoms with E-state index in [2.05, 4.69) is 25.5 Å². The van der Waals surface area contributed by atoms with Crippen LogP contribution in [0.25, 0.3) is 11.0 Å². The molecule has 0 radical (unpaired) electrons. The molecular formula is C25H29ClN6O4. The monoisotopic (exact) mass is 512 g/mol. The van der Waals surface area contributed by atoms with Crippen molar-refractivity contribution in [3.8, 4) is 5.75 Å². The molecule has 1 fully saturated rings. The summed E-state index contributed by atoms with van der Waals surface area (Å²) in [5.74, 6) is 0.612. The summed E-state index contributed by atoms with van der Waals surface area (Å²) in [5, 5.41) is 6.88. The fourth-order valence-electron chi connectivity index (χ4n) is 4.18. The van der Waals surface area contributed by atoms with Crippen LogP contribution in [0, 0.1) is 5.92 Å². The zero-order valence-electron chi connectivity index (χ0n) is 20.5. The molecule has 4 heterocycles. The minimum atomic E-state index is -0.352. The number of likely N-dealkylation sites (N-methyl/N-ethyl adjacent to an activating group) is 1. The molecule has 1 aliphatic rings. The second-order valence-electron chi connectivity index (χ2n) is 8.98. The number of piperidine rings is 1. The van der Waals surface area contributed by atoms with E-state index in [4.69, 9.17) is 16.3 Å². The maximum atomic E-state index is 13.0. The first kappa shape index (κ1) is 25.4. The molecular weight excluding hydrogens is 484 g/mol. The molecule has 1 aliphatic heterocycles. The minimum Gasteiger partial charge on any atom is -0.478 e. The van der Waals surface area contributed by atoms with Gasteiger partial charge in [-0.15, -0.1) is 0 Å². The van der Waals surface area contributed by atoms with Crippen LogP contribution in [-0.2, 0) is 9.59 Å². The lowest BCUT2D eigenvalue weighted by molar-refractivity contribution is -0.122. The molecule has 2 N–H and O–H groups in total. The predicted octanol–water partition coefficient (Wildman–Crippen LogP) is 3.31. The Kier molecular flexibility index (Phi) is 7.73. The molecule has 0 aliphatic carbocycles. The number of hydrogen-bond acceptors (Lipinski definition) is 8. The summed E-state index contributed by atoms with van der Waals surface area (Å²) in [6.07, 6.45) is 5.86. The molecule has 36 heavy (non-hydrogen) atoms. The number of nitrogens with zero attached hydrogens (tertiary/aromatic N) is 4. The Morgan fingerprint density at radius 3 is 2.64 bits per heavy atom. The lowest BCUT2D eigenvalue weighted by Crippen LogP contribution is -2.34. The van der Waals surface area contributed by atoms with E-state index in [1.807, 2.05) is 26.0 Å². The second kappa shape index (κ2) is 10.9. The first-order valence-corrected chi connectivity index (χ1v) is 12.2. The maximum Gasteiger partial charge on any atom is 0.294 e. The van der Waals surface area contributed by atoms with Gasteiger partial charge in [-0.3, -0.25) is 14.2 Å². The smallest absolute Gasteiger partial charge is 0.294 e. The Labute approximate surface area is 213 Å². The number of ether oxygens (including phenoxy) is 1. The van der Waals surface area contributed by atoms with E-state index in [1.54, 1.807) is 23.0 Å². The van der Waals surface area contributed by atoms with Crippen LogP contribution in [0.5, 0.6) is 5.75 Å². The van der Waals surface area contributed by atoms with Crippen molar-refractivity contribution in [3.63, 3.8) is 0 Å². The van der Waals surface area contributed by atoms with E-state index < -0.39 is 0 Å². The van der Waals surface area contributed by atoms with Crippen LogP contribution < -0.4 is 25.8 Å². The third kappa shape index (κ3) is 5.43. The average molecular weight is 513 g/mol. The van der Waals surface area contributed by atoms with Gasteiger partial charge in [0.05, 0.1) is 28.8 Å². The molecule has 4 rings (SSSR count). The van der Waals surface area contributed by atoms with Crippen molar-refractivity contribution in [2.45, 2.75) is 32.7 Å². The van der Waals surface area contributed by atoms with Gasteiger partial charge in [0.1, 0.15) is 17.8 Å². The number of aldehydes is 1. The highest BCUT2D eigenvalue weighted by Crippen LogP contribution is 2.31. The number of fused-ring (bicyclic) bond motifs is 1. The molecule has 10 nitrogen and oxygen atoms in total. The third-order valence-electron chi connectivity index (χ3n) is 6.17. The van der Waals surface area contributed by atoms with Crippen molar-refractivity contribution < 1.29 is 14.3 Å². The van der Waals surface area contributed by atoms with Gasteiger partial charge in [-0.2, -0.15) is 0 Å². The maximum absolute atomic E-state index is 13.0. The lowest BCUT2D eigenvalue weighted by atomic mass is 9.99. The standard InChI is InChI=1S/C25H29ClN6O4/c1-15(2)32-24-17(9-21(25(32)35)36-14-23(34)27-3)8-18(11-29-24)30-20-10-22(28-12-19(20)26)31-6-4-16(13-33)5-7-31/h8-13,15-16H,4-7,14H2,1-3H3,(H,27,34)(H,28,30). The Balaban J connectivity index is 1.64. The zero-order chi connectivity index (χ0) is 25.8. The fraction of sp³-hybridized carbons (Fsp3) is 0.400. The van der Waals surface area contributed by atoms with Gasteiger partial charge in [-0.1, -0.05) is 11.6 Å². The van der Waals surface area contributed by atoms with Gasteiger partial charge >= 0.3 is 0 Å². The molecule has 3 aromatic rings. The number of rotatable bonds is 8. The first-order valence-electron chi connectivity index (χ1n) is 11.8. The molecule has 1 amide bonds. The predicted molar refractivity (Wildman–Crippen MR) is 139 cm³/mol. The van der Waals surface area contributed by atoms with Gasteiger partial charge in [0.15, 0.2) is 12.4 Å². The molecule has 190 valence electrons. The number of amides is 1. The van der Waals surface area contributed by atoms with Crippen LogP contribution >= 0.6 is 11.6 Å². The topological polar surface area (TPSA) is 118 Å². The second-order valence-corrected chi connectivity index (χ2v) is 9.39. The number of anilines is 3. The van der Waals surface area contributed by atoms with Crippen molar-refractivity contribution in [1.29, 1.82) is 0 Å². The quantitative estimate of drug-likeness (QED) is 0.441. The van der Waals surface area contributed by atoms with Crippen LogP contribution in [-0.4, -0.2) is 53.5 Å². The SMILES string of the molecule is CNC(=O)COc1cc2cc(Nc3cc(N4CCC(C=O)CC4)ncc3Cl)cnc2n(C(C)C)c1=O. The van der Waals surface area contributed by atoms with Gasteiger partial charge in [0.25, 0.3) is 11.5 Å². The molecule has 0 saturated carbocycles. The van der Waals surface area contributed by atoms with Crippen molar-refractivity contribution >= 4 is 52.0 Å². The van der Waals surface area contributed by atoms with Gasteiger partial charge in [-0.05, 0) is 38.8 Å². The van der Waals surface area contributed by atoms with Crippen LogP contribution in [0.15, 0.2) is 35.4 Å². The van der Waals surface area contributed by atoms with E-state index in [0.717, 1.165) is 38.0 Å². The lowest BCUT2D eigenvalue weighted by Gasteiger charge is -2.30. The highest BCUT2D eigenvalue weighted by atomic mass is 35.5. The van der Waals surface area contributed by atoms with Crippen molar-refractivity contribution in [2.24, 2.45) is 5.92 Å². The van der Waals surface area contributed by atoms with Crippen LogP contribution in [0.2, 0.25) is 5.02 Å². The average Bonchev–Trinajstić information content (AvgIpc) is 2.88. The molecule has 0 spiro atoms. The normalized spacial score (nSPS) is 14.2. The summed E-state index contributed by atoms with van der Waals surface area (Å²) in [6.45, 7) is 5.00. The first-order chi connectivity index (χ1) is 17.3. The Bertz CT molecular complexity index is 1330. The minimum absolute atomic E-state index is 0.0710. The third-order valence-corrected chi connectivity index (χ3v) is 6.47.